The summed E-state index contributed by atoms with van der Waals surface area (Å²) in [5.74, 6) is 0. The van der Waals surface area contributed by atoms with Gasteiger partial charge in [-0.2, -0.15) is 0 Å². The van der Waals surface area contributed by atoms with Gasteiger partial charge in [-0.25, -0.2) is 0 Å². The molecule has 0 amide bonds. The highest BCUT2D eigenvalue weighted by Crippen LogP contribution is 2.42. The van der Waals surface area contributed by atoms with Crippen LogP contribution in [0.3, 0.4) is 0 Å². The molecule has 4 atom stereocenters. The summed E-state index contributed by atoms with van der Waals surface area (Å²) in [5, 5.41) is 0. The maximum atomic E-state index is 6.79. The monoisotopic (exact) mass is 366 g/mol. The van der Waals surface area contributed by atoms with Crippen molar-refractivity contribution in [1.29, 1.82) is 0 Å². The number of hydrogen-bond acceptors (Lipinski definition) is 3. The molecule has 2 aromatic carbocycles. The van der Waals surface area contributed by atoms with Gasteiger partial charge in [0, 0.05) is 0 Å². The largest absolute Gasteiger partial charge is 0.370 e. The van der Waals surface area contributed by atoms with E-state index in [1.807, 2.05) is 0 Å². The minimum Gasteiger partial charge on any atom is -0.370 e. The predicted octanol–water partition coefficient (Wildman–Crippen LogP) is 5.02. The highest BCUT2D eigenvalue weighted by atomic mass is 16.6. The first-order chi connectivity index (χ1) is 13.1. The molecule has 4 rings (SSSR count). The van der Waals surface area contributed by atoms with Crippen molar-refractivity contribution in [3.05, 3.63) is 69.8 Å². The molecule has 144 valence electrons. The van der Waals surface area contributed by atoms with Gasteiger partial charge in [0.1, 0.15) is 24.4 Å². The fourth-order valence-corrected chi connectivity index (χ4v) is 3.98. The Hall–Kier alpha value is -1.68. The Bertz CT molecular complexity index is 738. The van der Waals surface area contributed by atoms with Crippen molar-refractivity contribution in [2.45, 2.75) is 65.0 Å². The van der Waals surface area contributed by atoms with E-state index in [4.69, 9.17) is 14.2 Å². The number of rotatable bonds is 8. The van der Waals surface area contributed by atoms with E-state index in [9.17, 15) is 0 Å². The molecular weight excluding hydrogens is 336 g/mol. The summed E-state index contributed by atoms with van der Waals surface area (Å²) in [5.41, 5.74) is 7.82. The molecule has 2 fully saturated rings. The topological polar surface area (TPSA) is 34.3 Å². The summed E-state index contributed by atoms with van der Waals surface area (Å²) in [4.78, 5) is 0. The lowest BCUT2D eigenvalue weighted by molar-refractivity contribution is -0.0426. The minimum atomic E-state index is -0.0410. The van der Waals surface area contributed by atoms with E-state index in [0.29, 0.717) is 0 Å². The van der Waals surface area contributed by atoms with Gasteiger partial charge in [0.25, 0.3) is 0 Å². The summed E-state index contributed by atoms with van der Waals surface area (Å²) in [7, 11) is 0. The highest BCUT2D eigenvalue weighted by Gasteiger charge is 2.43. The fraction of sp³-hybridized carbons (Fsp3) is 0.500. The molecular formula is C24H30O3. The van der Waals surface area contributed by atoms with Crippen molar-refractivity contribution < 1.29 is 14.2 Å². The number of ether oxygens (including phenoxy) is 3. The molecule has 4 unspecified atom stereocenters. The van der Waals surface area contributed by atoms with E-state index >= 15 is 0 Å². The molecule has 2 aliphatic heterocycles. The van der Waals surface area contributed by atoms with E-state index in [1.165, 1.54) is 33.4 Å². The molecule has 0 radical (unpaired) electrons. The Morgan fingerprint density at radius 2 is 1.22 bits per heavy atom. The molecule has 0 aromatic heterocycles. The van der Waals surface area contributed by atoms with Gasteiger partial charge in [-0.1, -0.05) is 61.4 Å². The second-order valence-corrected chi connectivity index (χ2v) is 7.83. The van der Waals surface area contributed by atoms with Crippen LogP contribution in [0.4, 0.5) is 0 Å². The van der Waals surface area contributed by atoms with E-state index in [-0.39, 0.29) is 24.4 Å². The molecule has 2 aliphatic rings. The Balaban J connectivity index is 1.68. The summed E-state index contributed by atoms with van der Waals surface area (Å²) in [6.07, 6.45) is 2.21. The van der Waals surface area contributed by atoms with Crippen molar-refractivity contribution >= 4 is 0 Å². The summed E-state index contributed by atoms with van der Waals surface area (Å²) in [6.45, 7) is 10.3. The zero-order chi connectivity index (χ0) is 19.0. The first-order valence-corrected chi connectivity index (χ1v) is 10.2. The highest BCUT2D eigenvalue weighted by molar-refractivity contribution is 5.37. The zero-order valence-electron chi connectivity index (χ0n) is 16.8. The second-order valence-electron chi connectivity index (χ2n) is 7.83. The minimum absolute atomic E-state index is 0.0410. The number of hydrogen-bond donors (Lipinski definition) is 0. The lowest BCUT2D eigenvalue weighted by atomic mass is 9.94. The van der Waals surface area contributed by atoms with Crippen LogP contribution in [0.5, 0.6) is 0 Å². The molecule has 2 heterocycles. The summed E-state index contributed by atoms with van der Waals surface area (Å²) >= 11 is 0. The van der Waals surface area contributed by atoms with Gasteiger partial charge in [0.15, 0.2) is 0 Å². The molecule has 0 saturated carbocycles. The Labute approximate surface area is 162 Å². The van der Waals surface area contributed by atoms with Gasteiger partial charge in [-0.3, -0.25) is 0 Å². The molecule has 2 aromatic rings. The normalized spacial score (nSPS) is 23.1. The van der Waals surface area contributed by atoms with Crippen LogP contribution >= 0.6 is 0 Å². The number of benzene rings is 2. The van der Waals surface area contributed by atoms with Crippen molar-refractivity contribution in [2.75, 3.05) is 13.2 Å². The van der Waals surface area contributed by atoms with Crippen molar-refractivity contribution in [2.24, 2.45) is 0 Å². The predicted molar refractivity (Wildman–Crippen MR) is 107 cm³/mol. The Morgan fingerprint density at radius 3 is 1.56 bits per heavy atom. The van der Waals surface area contributed by atoms with Crippen LogP contribution in [0.1, 0.15) is 59.4 Å². The zero-order valence-corrected chi connectivity index (χ0v) is 16.8. The Kier molecular flexibility index (Phi) is 5.36. The van der Waals surface area contributed by atoms with Crippen LogP contribution in [0.25, 0.3) is 0 Å². The standard InChI is InChI=1S/C24H30O3/c1-5-17-11-15(3)7-9-19(17)23(21-13-25-21)27-24(22-14-26-22)20-10-8-16(4)12-18(20)6-2/h7-12,21-24H,5-6,13-14H2,1-4H3. The quantitative estimate of drug-likeness (QED) is 0.615. The van der Waals surface area contributed by atoms with Crippen LogP contribution in [0, 0.1) is 13.8 Å². The third kappa shape index (κ3) is 4.11. The lowest BCUT2D eigenvalue weighted by Gasteiger charge is -2.27. The van der Waals surface area contributed by atoms with Crippen molar-refractivity contribution in [1.82, 2.24) is 0 Å². The molecule has 27 heavy (non-hydrogen) atoms. The first kappa shape index (κ1) is 18.7. The molecule has 3 nitrogen and oxygen atoms in total. The molecule has 2 saturated heterocycles. The van der Waals surface area contributed by atoms with E-state index in [2.05, 4.69) is 64.1 Å². The maximum absolute atomic E-state index is 6.79. The smallest absolute Gasteiger partial charge is 0.112 e. The van der Waals surface area contributed by atoms with Crippen molar-refractivity contribution in [3.63, 3.8) is 0 Å². The SMILES string of the molecule is CCc1cc(C)ccc1C(OC(c1ccc(C)cc1CC)C1CO1)C1CO1. The van der Waals surface area contributed by atoms with Crippen molar-refractivity contribution in [3.8, 4) is 0 Å². The average Bonchev–Trinajstić information content (AvgIpc) is 3.56. The first-order valence-electron chi connectivity index (χ1n) is 10.2. The third-order valence-electron chi connectivity index (χ3n) is 5.66. The van der Waals surface area contributed by atoms with E-state index in [1.54, 1.807) is 0 Å². The number of aryl methyl sites for hydroxylation is 4. The van der Waals surface area contributed by atoms with Crippen LogP contribution in [0.2, 0.25) is 0 Å². The van der Waals surface area contributed by atoms with Gasteiger partial charge >= 0.3 is 0 Å². The fourth-order valence-electron chi connectivity index (χ4n) is 3.98. The van der Waals surface area contributed by atoms with Gasteiger partial charge in [-0.15, -0.1) is 0 Å². The van der Waals surface area contributed by atoms with E-state index in [0.717, 1.165) is 26.1 Å². The average molecular weight is 367 g/mol. The molecule has 0 N–H and O–H groups in total. The lowest BCUT2D eigenvalue weighted by Crippen LogP contribution is -2.21. The van der Waals surface area contributed by atoms with Crippen LogP contribution < -0.4 is 0 Å². The van der Waals surface area contributed by atoms with Gasteiger partial charge < -0.3 is 14.2 Å². The van der Waals surface area contributed by atoms with Gasteiger partial charge in [-0.05, 0) is 48.9 Å². The van der Waals surface area contributed by atoms with Crippen LogP contribution in [-0.4, -0.2) is 25.4 Å². The third-order valence-corrected chi connectivity index (χ3v) is 5.66. The molecule has 0 bridgehead atoms. The Morgan fingerprint density at radius 1 is 0.815 bits per heavy atom. The molecule has 0 spiro atoms. The van der Waals surface area contributed by atoms with Crippen LogP contribution in [-0.2, 0) is 27.1 Å². The second kappa shape index (κ2) is 7.75. The van der Waals surface area contributed by atoms with Gasteiger partial charge in [0.05, 0.1) is 13.2 Å². The summed E-state index contributed by atoms with van der Waals surface area (Å²) < 4.78 is 18.2. The number of epoxide rings is 2. The van der Waals surface area contributed by atoms with E-state index < -0.39 is 0 Å². The van der Waals surface area contributed by atoms with Gasteiger partial charge in [0.2, 0.25) is 0 Å². The van der Waals surface area contributed by atoms with Crippen LogP contribution in [0.15, 0.2) is 36.4 Å². The molecule has 0 aliphatic carbocycles. The molecule has 3 heteroatoms. The maximum Gasteiger partial charge on any atom is 0.112 e. The summed E-state index contributed by atoms with van der Waals surface area (Å²) in [6, 6.07) is 13.4.